The summed E-state index contributed by atoms with van der Waals surface area (Å²) in [6.07, 6.45) is 10.9. The molecule has 1 heteroatoms. The predicted octanol–water partition coefficient (Wildman–Crippen LogP) is 4.13. The molecule has 2 aliphatic carbocycles. The first-order valence-electron chi connectivity index (χ1n) is 8.54. The monoisotopic (exact) mass is 271 g/mol. The molecular weight excluding hydrogens is 242 g/mol. The third-order valence-electron chi connectivity index (χ3n) is 5.54. The number of benzene rings is 1. The van der Waals surface area contributed by atoms with E-state index in [4.69, 9.17) is 0 Å². The number of nitrogens with one attached hydrogen (secondary N) is 1. The molecule has 2 aliphatic rings. The van der Waals surface area contributed by atoms with E-state index in [-0.39, 0.29) is 0 Å². The highest BCUT2D eigenvalue weighted by molar-refractivity contribution is 5.35. The zero-order valence-electron chi connectivity index (χ0n) is 13.1. The lowest BCUT2D eigenvalue weighted by Gasteiger charge is -2.33. The fourth-order valence-electron chi connectivity index (χ4n) is 4.36. The highest BCUT2D eigenvalue weighted by Gasteiger charge is 2.26. The summed E-state index contributed by atoms with van der Waals surface area (Å²) >= 11 is 0. The maximum Gasteiger partial charge on any atom is 0.0133 e. The Bertz CT molecular complexity index is 451. The third kappa shape index (κ3) is 3.09. The molecule has 3 rings (SSSR count). The van der Waals surface area contributed by atoms with Crippen LogP contribution < -0.4 is 5.32 Å². The Labute approximate surface area is 124 Å². The van der Waals surface area contributed by atoms with Crippen molar-refractivity contribution in [3.05, 3.63) is 34.9 Å². The number of hydrogen-bond donors (Lipinski definition) is 1. The molecule has 0 aromatic heterocycles. The normalized spacial score (nSPS) is 27.3. The summed E-state index contributed by atoms with van der Waals surface area (Å²) in [5, 5.41) is 3.61. The number of likely N-dealkylation sites (N-methyl/N-ethyl adjacent to an activating group) is 1. The Morgan fingerprint density at radius 1 is 1.15 bits per heavy atom. The lowest BCUT2D eigenvalue weighted by molar-refractivity contribution is 0.227. The standard InChI is InChI=1S/C19H29N/c1-14-5-3-8-18(11-14)19(20-2)13-15-9-10-16-6-4-7-17(16)12-15/h9-10,12,14,18-20H,3-8,11,13H2,1-2H3. The molecule has 0 radical (unpaired) electrons. The Morgan fingerprint density at radius 3 is 2.80 bits per heavy atom. The van der Waals surface area contributed by atoms with Crippen molar-refractivity contribution >= 4 is 0 Å². The maximum atomic E-state index is 3.61. The van der Waals surface area contributed by atoms with E-state index in [2.05, 4.69) is 37.5 Å². The van der Waals surface area contributed by atoms with Crippen molar-refractivity contribution in [3.63, 3.8) is 0 Å². The summed E-state index contributed by atoms with van der Waals surface area (Å²) in [5.41, 5.74) is 4.76. The van der Waals surface area contributed by atoms with Gasteiger partial charge in [0.05, 0.1) is 0 Å². The van der Waals surface area contributed by atoms with Crippen molar-refractivity contribution in [1.29, 1.82) is 0 Å². The first-order valence-corrected chi connectivity index (χ1v) is 8.54. The van der Waals surface area contributed by atoms with Crippen LogP contribution >= 0.6 is 0 Å². The summed E-state index contributed by atoms with van der Waals surface area (Å²) in [6, 6.07) is 7.91. The minimum absolute atomic E-state index is 0.664. The summed E-state index contributed by atoms with van der Waals surface area (Å²) in [7, 11) is 2.15. The van der Waals surface area contributed by atoms with Gasteiger partial charge in [-0.1, -0.05) is 38.0 Å². The Morgan fingerprint density at radius 2 is 2.00 bits per heavy atom. The van der Waals surface area contributed by atoms with Crippen LogP contribution in [0.5, 0.6) is 0 Å². The van der Waals surface area contributed by atoms with E-state index in [0.717, 1.165) is 11.8 Å². The molecule has 1 saturated carbocycles. The van der Waals surface area contributed by atoms with Crippen molar-refractivity contribution < 1.29 is 0 Å². The predicted molar refractivity (Wildman–Crippen MR) is 86.1 cm³/mol. The maximum absolute atomic E-state index is 3.61. The molecule has 3 atom stereocenters. The fraction of sp³-hybridized carbons (Fsp3) is 0.684. The van der Waals surface area contributed by atoms with E-state index >= 15 is 0 Å². The van der Waals surface area contributed by atoms with Crippen molar-refractivity contribution in [2.75, 3.05) is 7.05 Å². The molecule has 3 unspecified atom stereocenters. The average Bonchev–Trinajstić information content (AvgIpc) is 2.92. The van der Waals surface area contributed by atoms with Gasteiger partial charge in [-0.3, -0.25) is 0 Å². The minimum Gasteiger partial charge on any atom is -0.316 e. The fourth-order valence-corrected chi connectivity index (χ4v) is 4.36. The van der Waals surface area contributed by atoms with Gasteiger partial charge >= 0.3 is 0 Å². The quantitative estimate of drug-likeness (QED) is 0.868. The van der Waals surface area contributed by atoms with Gasteiger partial charge in [-0.15, -0.1) is 0 Å². The summed E-state index contributed by atoms with van der Waals surface area (Å²) in [4.78, 5) is 0. The van der Waals surface area contributed by atoms with Gasteiger partial charge in [0, 0.05) is 6.04 Å². The second-order valence-electron chi connectivity index (χ2n) is 7.09. The van der Waals surface area contributed by atoms with Crippen LogP contribution in [-0.2, 0) is 19.3 Å². The number of fused-ring (bicyclic) bond motifs is 1. The van der Waals surface area contributed by atoms with Gasteiger partial charge in [-0.2, -0.15) is 0 Å². The first-order chi connectivity index (χ1) is 9.76. The average molecular weight is 271 g/mol. The highest BCUT2D eigenvalue weighted by Crippen LogP contribution is 2.32. The summed E-state index contributed by atoms with van der Waals surface area (Å²) in [6.45, 7) is 2.42. The van der Waals surface area contributed by atoms with E-state index in [1.54, 1.807) is 16.7 Å². The Kier molecular flexibility index (Phi) is 4.45. The van der Waals surface area contributed by atoms with E-state index in [0.29, 0.717) is 6.04 Å². The van der Waals surface area contributed by atoms with Crippen molar-refractivity contribution in [2.45, 2.75) is 64.3 Å². The van der Waals surface area contributed by atoms with Crippen molar-refractivity contribution in [3.8, 4) is 0 Å². The molecule has 1 aromatic carbocycles. The Balaban J connectivity index is 1.68. The largest absolute Gasteiger partial charge is 0.316 e. The van der Waals surface area contributed by atoms with Gasteiger partial charge in [-0.05, 0) is 74.1 Å². The number of aryl methyl sites for hydroxylation is 2. The molecule has 0 bridgehead atoms. The van der Waals surface area contributed by atoms with Crippen LogP contribution in [0, 0.1) is 11.8 Å². The van der Waals surface area contributed by atoms with E-state index in [1.165, 1.54) is 51.4 Å². The Hall–Kier alpha value is -0.820. The zero-order chi connectivity index (χ0) is 13.9. The lowest BCUT2D eigenvalue weighted by atomic mass is 9.77. The van der Waals surface area contributed by atoms with Gasteiger partial charge in [0.1, 0.15) is 0 Å². The molecule has 1 aromatic rings. The molecule has 1 fully saturated rings. The number of hydrogen-bond acceptors (Lipinski definition) is 1. The van der Waals surface area contributed by atoms with E-state index in [1.807, 2.05) is 0 Å². The second-order valence-corrected chi connectivity index (χ2v) is 7.09. The molecular formula is C19H29N. The lowest BCUT2D eigenvalue weighted by Crippen LogP contribution is -2.38. The molecule has 0 spiro atoms. The van der Waals surface area contributed by atoms with E-state index in [9.17, 15) is 0 Å². The highest BCUT2D eigenvalue weighted by atomic mass is 14.9. The van der Waals surface area contributed by atoms with Gasteiger partial charge in [0.25, 0.3) is 0 Å². The van der Waals surface area contributed by atoms with Gasteiger partial charge in [0.2, 0.25) is 0 Å². The van der Waals surface area contributed by atoms with Crippen LogP contribution in [0.25, 0.3) is 0 Å². The van der Waals surface area contributed by atoms with Crippen LogP contribution in [0.15, 0.2) is 18.2 Å². The molecule has 0 heterocycles. The van der Waals surface area contributed by atoms with Crippen molar-refractivity contribution in [2.24, 2.45) is 11.8 Å². The summed E-state index contributed by atoms with van der Waals surface area (Å²) < 4.78 is 0. The molecule has 110 valence electrons. The van der Waals surface area contributed by atoms with E-state index < -0.39 is 0 Å². The minimum atomic E-state index is 0.664. The van der Waals surface area contributed by atoms with Crippen LogP contribution in [-0.4, -0.2) is 13.1 Å². The van der Waals surface area contributed by atoms with Crippen molar-refractivity contribution in [1.82, 2.24) is 5.32 Å². The number of rotatable bonds is 4. The van der Waals surface area contributed by atoms with Gasteiger partial charge in [-0.25, -0.2) is 0 Å². The second kappa shape index (κ2) is 6.30. The SMILES string of the molecule is CNC(Cc1ccc2c(c1)CCC2)C1CCCC(C)C1. The molecule has 0 aliphatic heterocycles. The van der Waals surface area contributed by atoms with Gasteiger partial charge < -0.3 is 5.32 Å². The molecule has 0 saturated heterocycles. The molecule has 1 N–H and O–H groups in total. The van der Waals surface area contributed by atoms with Gasteiger partial charge in [0.15, 0.2) is 0 Å². The van der Waals surface area contributed by atoms with Crippen LogP contribution in [0.4, 0.5) is 0 Å². The topological polar surface area (TPSA) is 12.0 Å². The molecule has 20 heavy (non-hydrogen) atoms. The van der Waals surface area contributed by atoms with Crippen LogP contribution in [0.1, 0.15) is 55.7 Å². The molecule has 0 amide bonds. The summed E-state index contributed by atoms with van der Waals surface area (Å²) in [5.74, 6) is 1.79. The third-order valence-corrected chi connectivity index (χ3v) is 5.54. The first kappa shape index (κ1) is 14.1. The molecule has 1 nitrogen and oxygen atoms in total. The van der Waals surface area contributed by atoms with Crippen LogP contribution in [0.2, 0.25) is 0 Å². The smallest absolute Gasteiger partial charge is 0.0133 e. The zero-order valence-corrected chi connectivity index (χ0v) is 13.1. The van der Waals surface area contributed by atoms with Crippen LogP contribution in [0.3, 0.4) is 0 Å².